The standard InChI is InChI=1S/C17H22N2O5/c1-18(15(21)10-12-2-4-14(20)5-3-12)11-16(22)19-8-6-13(7-9-19)17(23)24/h2-5,13,20H,6-11H2,1H3,(H,23,24). The maximum atomic E-state index is 12.2. The highest BCUT2D eigenvalue weighted by Crippen LogP contribution is 2.17. The fraction of sp³-hybridized carbons (Fsp3) is 0.471. The van der Waals surface area contributed by atoms with E-state index in [2.05, 4.69) is 0 Å². The van der Waals surface area contributed by atoms with Crippen LogP contribution in [0, 0.1) is 5.92 Å². The van der Waals surface area contributed by atoms with Gasteiger partial charge in [0, 0.05) is 20.1 Å². The fourth-order valence-electron chi connectivity index (χ4n) is 2.69. The van der Waals surface area contributed by atoms with E-state index in [9.17, 15) is 19.5 Å². The van der Waals surface area contributed by atoms with E-state index in [-0.39, 0.29) is 36.4 Å². The molecule has 0 bridgehead atoms. The Balaban J connectivity index is 1.81. The number of carbonyl (C=O) groups is 3. The van der Waals surface area contributed by atoms with E-state index >= 15 is 0 Å². The Morgan fingerprint density at radius 2 is 1.75 bits per heavy atom. The van der Waals surface area contributed by atoms with Crippen molar-refractivity contribution in [3.63, 3.8) is 0 Å². The van der Waals surface area contributed by atoms with Crippen LogP contribution >= 0.6 is 0 Å². The first kappa shape index (κ1) is 17.8. The van der Waals surface area contributed by atoms with Gasteiger partial charge in [0.05, 0.1) is 18.9 Å². The first-order valence-electron chi connectivity index (χ1n) is 7.89. The molecule has 7 heteroatoms. The molecule has 0 aliphatic carbocycles. The third kappa shape index (κ3) is 4.71. The zero-order valence-corrected chi connectivity index (χ0v) is 13.6. The molecule has 1 aliphatic heterocycles. The average molecular weight is 334 g/mol. The molecule has 24 heavy (non-hydrogen) atoms. The second kappa shape index (κ2) is 7.81. The van der Waals surface area contributed by atoms with Crippen LogP contribution in [-0.4, -0.2) is 64.5 Å². The third-order valence-electron chi connectivity index (χ3n) is 4.29. The Kier molecular flexibility index (Phi) is 5.78. The van der Waals surface area contributed by atoms with Gasteiger partial charge in [-0.1, -0.05) is 12.1 Å². The summed E-state index contributed by atoms with van der Waals surface area (Å²) in [5, 5.41) is 18.2. The van der Waals surface area contributed by atoms with Crippen LogP contribution in [0.25, 0.3) is 0 Å². The van der Waals surface area contributed by atoms with Crippen molar-refractivity contribution in [3.8, 4) is 5.75 Å². The molecule has 0 radical (unpaired) electrons. The SMILES string of the molecule is CN(CC(=O)N1CCC(C(=O)O)CC1)C(=O)Cc1ccc(O)cc1. The Bertz CT molecular complexity index is 606. The summed E-state index contributed by atoms with van der Waals surface area (Å²) >= 11 is 0. The van der Waals surface area contributed by atoms with Gasteiger partial charge in [-0.25, -0.2) is 0 Å². The van der Waals surface area contributed by atoms with Gasteiger partial charge in [-0.05, 0) is 30.5 Å². The number of aromatic hydroxyl groups is 1. The van der Waals surface area contributed by atoms with Gasteiger partial charge >= 0.3 is 5.97 Å². The van der Waals surface area contributed by atoms with E-state index < -0.39 is 5.97 Å². The highest BCUT2D eigenvalue weighted by Gasteiger charge is 2.27. The molecule has 0 atom stereocenters. The maximum absolute atomic E-state index is 12.2. The first-order chi connectivity index (χ1) is 11.4. The van der Waals surface area contributed by atoms with Crippen LogP contribution in [0.1, 0.15) is 18.4 Å². The predicted molar refractivity (Wildman–Crippen MR) is 86.4 cm³/mol. The summed E-state index contributed by atoms with van der Waals surface area (Å²) in [5.74, 6) is -1.42. The second-order valence-corrected chi connectivity index (χ2v) is 6.09. The van der Waals surface area contributed by atoms with Crippen LogP contribution in [0.3, 0.4) is 0 Å². The lowest BCUT2D eigenvalue weighted by Crippen LogP contribution is -2.45. The number of aliphatic carboxylic acids is 1. The highest BCUT2D eigenvalue weighted by atomic mass is 16.4. The van der Waals surface area contributed by atoms with Gasteiger partial charge in [0.15, 0.2) is 0 Å². The van der Waals surface area contributed by atoms with Gasteiger partial charge in [0.2, 0.25) is 11.8 Å². The first-order valence-corrected chi connectivity index (χ1v) is 7.89. The van der Waals surface area contributed by atoms with Crippen LogP contribution in [0.15, 0.2) is 24.3 Å². The number of benzene rings is 1. The van der Waals surface area contributed by atoms with Gasteiger partial charge in [-0.3, -0.25) is 14.4 Å². The number of hydrogen-bond donors (Lipinski definition) is 2. The Morgan fingerprint density at radius 3 is 2.29 bits per heavy atom. The minimum Gasteiger partial charge on any atom is -0.508 e. The van der Waals surface area contributed by atoms with Crippen molar-refractivity contribution in [2.75, 3.05) is 26.7 Å². The van der Waals surface area contributed by atoms with Crippen LogP contribution in [-0.2, 0) is 20.8 Å². The number of amides is 2. The van der Waals surface area contributed by atoms with Crippen molar-refractivity contribution < 1.29 is 24.6 Å². The number of hydrogen-bond acceptors (Lipinski definition) is 4. The monoisotopic (exact) mass is 334 g/mol. The normalized spacial score (nSPS) is 15.1. The molecule has 1 aromatic rings. The Labute approximate surface area is 140 Å². The van der Waals surface area contributed by atoms with E-state index in [0.29, 0.717) is 25.9 Å². The van der Waals surface area contributed by atoms with Gasteiger partial charge in [0.25, 0.3) is 0 Å². The Morgan fingerprint density at radius 1 is 1.17 bits per heavy atom. The van der Waals surface area contributed by atoms with E-state index in [0.717, 1.165) is 5.56 Å². The van der Waals surface area contributed by atoms with Crippen molar-refractivity contribution >= 4 is 17.8 Å². The molecular formula is C17H22N2O5. The molecule has 0 spiro atoms. The highest BCUT2D eigenvalue weighted by molar-refractivity contribution is 5.85. The third-order valence-corrected chi connectivity index (χ3v) is 4.29. The molecule has 2 N–H and O–H groups in total. The number of piperidine rings is 1. The number of carbonyl (C=O) groups excluding carboxylic acids is 2. The number of carboxylic acid groups (broad SMARTS) is 1. The lowest BCUT2D eigenvalue weighted by Gasteiger charge is -2.31. The molecule has 1 aliphatic rings. The van der Waals surface area contributed by atoms with Crippen LogP contribution in [0.2, 0.25) is 0 Å². The van der Waals surface area contributed by atoms with Crippen molar-refractivity contribution in [1.29, 1.82) is 0 Å². The largest absolute Gasteiger partial charge is 0.508 e. The summed E-state index contributed by atoms with van der Waals surface area (Å²) in [6, 6.07) is 6.36. The van der Waals surface area contributed by atoms with E-state index in [1.165, 1.54) is 17.0 Å². The number of phenolic OH excluding ortho intramolecular Hbond substituents is 1. The summed E-state index contributed by atoms with van der Waals surface area (Å²) < 4.78 is 0. The zero-order chi connectivity index (χ0) is 17.7. The summed E-state index contributed by atoms with van der Waals surface area (Å²) in [7, 11) is 1.57. The molecular weight excluding hydrogens is 312 g/mol. The Hall–Kier alpha value is -2.57. The predicted octanol–water partition coefficient (Wildman–Crippen LogP) is 0.716. The van der Waals surface area contributed by atoms with Gasteiger partial charge < -0.3 is 20.0 Å². The molecule has 1 saturated heterocycles. The van der Waals surface area contributed by atoms with Gasteiger partial charge in [-0.2, -0.15) is 0 Å². The lowest BCUT2D eigenvalue weighted by molar-refractivity contribution is -0.146. The van der Waals surface area contributed by atoms with Crippen molar-refractivity contribution in [3.05, 3.63) is 29.8 Å². The summed E-state index contributed by atoms with van der Waals surface area (Å²) in [5.41, 5.74) is 0.763. The summed E-state index contributed by atoms with van der Waals surface area (Å²) in [4.78, 5) is 38.3. The van der Waals surface area contributed by atoms with Crippen molar-refractivity contribution in [2.24, 2.45) is 5.92 Å². The molecule has 0 unspecified atom stereocenters. The molecule has 130 valence electrons. The van der Waals surface area contributed by atoms with E-state index in [4.69, 9.17) is 5.11 Å². The van der Waals surface area contributed by atoms with Gasteiger partial charge in [-0.15, -0.1) is 0 Å². The van der Waals surface area contributed by atoms with Crippen molar-refractivity contribution in [2.45, 2.75) is 19.3 Å². The molecule has 2 amide bonds. The van der Waals surface area contributed by atoms with Crippen LogP contribution in [0.4, 0.5) is 0 Å². The molecule has 1 heterocycles. The zero-order valence-electron chi connectivity index (χ0n) is 13.6. The molecule has 1 fully saturated rings. The van der Waals surface area contributed by atoms with Gasteiger partial charge in [0.1, 0.15) is 5.75 Å². The number of likely N-dealkylation sites (tertiary alicyclic amines) is 1. The van der Waals surface area contributed by atoms with Crippen LogP contribution < -0.4 is 0 Å². The number of phenols is 1. The molecule has 7 nitrogen and oxygen atoms in total. The summed E-state index contributed by atoms with van der Waals surface area (Å²) in [6.45, 7) is 0.806. The number of carboxylic acids is 1. The van der Waals surface area contributed by atoms with E-state index in [1.807, 2.05) is 0 Å². The quantitative estimate of drug-likeness (QED) is 0.827. The molecule has 1 aromatic carbocycles. The fourth-order valence-corrected chi connectivity index (χ4v) is 2.69. The van der Waals surface area contributed by atoms with Crippen molar-refractivity contribution in [1.82, 2.24) is 9.80 Å². The maximum Gasteiger partial charge on any atom is 0.306 e. The smallest absolute Gasteiger partial charge is 0.306 e. The lowest BCUT2D eigenvalue weighted by atomic mass is 9.97. The number of rotatable bonds is 5. The average Bonchev–Trinajstić information content (AvgIpc) is 2.56. The van der Waals surface area contributed by atoms with Crippen LogP contribution in [0.5, 0.6) is 5.75 Å². The summed E-state index contributed by atoms with van der Waals surface area (Å²) in [6.07, 6.45) is 1.06. The minimum absolute atomic E-state index is 0.0192. The molecule has 0 saturated carbocycles. The number of likely N-dealkylation sites (N-methyl/N-ethyl adjacent to an activating group) is 1. The molecule has 2 rings (SSSR count). The topological polar surface area (TPSA) is 98.2 Å². The second-order valence-electron chi connectivity index (χ2n) is 6.09. The molecule has 0 aromatic heterocycles. The van der Waals surface area contributed by atoms with E-state index in [1.54, 1.807) is 24.1 Å². The minimum atomic E-state index is -0.816. The number of nitrogens with zero attached hydrogens (tertiary/aromatic N) is 2.